The van der Waals surface area contributed by atoms with E-state index in [1.54, 1.807) is 0 Å². The Kier molecular flexibility index (Phi) is 3.90. The van der Waals surface area contributed by atoms with Gasteiger partial charge < -0.3 is 5.73 Å². The average molecular weight is 286 g/mol. The van der Waals surface area contributed by atoms with E-state index in [0.717, 1.165) is 13.0 Å². The zero-order valence-electron chi connectivity index (χ0n) is 12.3. The van der Waals surface area contributed by atoms with Crippen molar-refractivity contribution in [3.05, 3.63) is 50.5 Å². The van der Waals surface area contributed by atoms with Gasteiger partial charge in [-0.15, -0.1) is 11.3 Å². The van der Waals surface area contributed by atoms with Gasteiger partial charge in [0.15, 0.2) is 0 Å². The summed E-state index contributed by atoms with van der Waals surface area (Å²) in [6, 6.07) is 6.72. The highest BCUT2D eigenvalue weighted by molar-refractivity contribution is 7.11. The maximum atomic E-state index is 5.88. The van der Waals surface area contributed by atoms with Crippen molar-refractivity contribution in [2.75, 3.05) is 6.54 Å². The lowest BCUT2D eigenvalue weighted by Crippen LogP contribution is -2.17. The third-order valence-corrected chi connectivity index (χ3v) is 5.46. The smallest absolute Gasteiger partial charge is 0.0975 e. The van der Waals surface area contributed by atoms with E-state index in [-0.39, 0.29) is 0 Å². The molecule has 3 heteroatoms. The van der Waals surface area contributed by atoms with Crippen LogP contribution in [0.25, 0.3) is 0 Å². The van der Waals surface area contributed by atoms with Crippen LogP contribution in [0.2, 0.25) is 0 Å². The minimum Gasteiger partial charge on any atom is -0.330 e. The fourth-order valence-electron chi connectivity index (χ4n) is 2.95. The quantitative estimate of drug-likeness (QED) is 0.933. The SMILES string of the molecule is Cc1ccc(Cc2nc3c(s2)CCCC3CN)cc1C. The minimum atomic E-state index is 0.489. The van der Waals surface area contributed by atoms with E-state index in [0.29, 0.717) is 5.92 Å². The van der Waals surface area contributed by atoms with Gasteiger partial charge in [0.05, 0.1) is 10.7 Å². The standard InChI is InChI=1S/C17H22N2S/c1-11-6-7-13(8-12(11)2)9-16-19-17-14(10-18)4-3-5-15(17)20-16/h6-8,14H,3-5,9-10,18H2,1-2H3. The van der Waals surface area contributed by atoms with Crippen LogP contribution in [0.3, 0.4) is 0 Å². The highest BCUT2D eigenvalue weighted by Crippen LogP contribution is 2.34. The number of hydrogen-bond donors (Lipinski definition) is 1. The van der Waals surface area contributed by atoms with E-state index >= 15 is 0 Å². The first-order chi connectivity index (χ1) is 9.67. The van der Waals surface area contributed by atoms with Crippen molar-refractivity contribution in [3.63, 3.8) is 0 Å². The number of benzene rings is 1. The van der Waals surface area contributed by atoms with E-state index in [1.165, 1.54) is 51.5 Å². The van der Waals surface area contributed by atoms with Crippen molar-refractivity contribution >= 4 is 11.3 Å². The maximum Gasteiger partial charge on any atom is 0.0975 e. The molecule has 1 aromatic carbocycles. The topological polar surface area (TPSA) is 38.9 Å². The normalized spacial score (nSPS) is 18.1. The van der Waals surface area contributed by atoms with Crippen LogP contribution in [0, 0.1) is 13.8 Å². The van der Waals surface area contributed by atoms with E-state index in [2.05, 4.69) is 32.0 Å². The molecule has 20 heavy (non-hydrogen) atoms. The van der Waals surface area contributed by atoms with Crippen molar-refractivity contribution in [1.82, 2.24) is 4.98 Å². The van der Waals surface area contributed by atoms with Crippen LogP contribution in [-0.2, 0) is 12.8 Å². The molecular formula is C17H22N2S. The van der Waals surface area contributed by atoms with Crippen molar-refractivity contribution in [2.24, 2.45) is 5.73 Å². The number of aryl methyl sites for hydroxylation is 3. The number of aromatic nitrogens is 1. The second-order valence-corrected chi connectivity index (χ2v) is 7.00. The molecule has 0 aliphatic heterocycles. The molecule has 0 saturated carbocycles. The largest absolute Gasteiger partial charge is 0.330 e. The van der Waals surface area contributed by atoms with Crippen LogP contribution in [0.5, 0.6) is 0 Å². The summed E-state index contributed by atoms with van der Waals surface area (Å²) in [5.41, 5.74) is 11.3. The first-order valence-electron chi connectivity index (χ1n) is 7.42. The molecule has 2 aromatic rings. The summed E-state index contributed by atoms with van der Waals surface area (Å²) >= 11 is 1.89. The van der Waals surface area contributed by atoms with Crippen LogP contribution in [-0.4, -0.2) is 11.5 Å². The van der Waals surface area contributed by atoms with Crippen LogP contribution < -0.4 is 5.73 Å². The van der Waals surface area contributed by atoms with Crippen molar-refractivity contribution < 1.29 is 0 Å². The lowest BCUT2D eigenvalue weighted by molar-refractivity contribution is 0.553. The maximum absolute atomic E-state index is 5.88. The Hall–Kier alpha value is -1.19. The van der Waals surface area contributed by atoms with Gasteiger partial charge in [0.25, 0.3) is 0 Å². The van der Waals surface area contributed by atoms with Crippen LogP contribution in [0.1, 0.15) is 51.0 Å². The molecule has 0 saturated heterocycles. The number of hydrogen-bond acceptors (Lipinski definition) is 3. The van der Waals surface area contributed by atoms with E-state index in [9.17, 15) is 0 Å². The van der Waals surface area contributed by atoms with Gasteiger partial charge in [0.2, 0.25) is 0 Å². The molecule has 0 spiro atoms. The summed E-state index contributed by atoms with van der Waals surface area (Å²) in [5, 5.41) is 1.25. The molecule has 0 amide bonds. The molecule has 0 radical (unpaired) electrons. The Balaban J connectivity index is 1.84. The van der Waals surface area contributed by atoms with Gasteiger partial charge in [-0.1, -0.05) is 18.2 Å². The van der Waals surface area contributed by atoms with Gasteiger partial charge in [0, 0.05) is 23.8 Å². The third-order valence-electron chi connectivity index (χ3n) is 4.33. The van der Waals surface area contributed by atoms with Crippen LogP contribution in [0.4, 0.5) is 0 Å². The summed E-state index contributed by atoms with van der Waals surface area (Å²) in [6.45, 7) is 5.07. The molecule has 1 aliphatic carbocycles. The molecule has 1 heterocycles. The summed E-state index contributed by atoms with van der Waals surface area (Å²) in [4.78, 5) is 6.37. The number of fused-ring (bicyclic) bond motifs is 1. The average Bonchev–Trinajstić information content (AvgIpc) is 2.85. The highest BCUT2D eigenvalue weighted by atomic mass is 32.1. The van der Waals surface area contributed by atoms with E-state index in [4.69, 9.17) is 10.7 Å². The summed E-state index contributed by atoms with van der Waals surface area (Å²) < 4.78 is 0. The van der Waals surface area contributed by atoms with Crippen molar-refractivity contribution in [2.45, 2.75) is 45.4 Å². The van der Waals surface area contributed by atoms with Gasteiger partial charge in [-0.3, -0.25) is 0 Å². The minimum absolute atomic E-state index is 0.489. The molecule has 1 aromatic heterocycles. The van der Waals surface area contributed by atoms with Crippen molar-refractivity contribution in [1.29, 1.82) is 0 Å². The predicted octanol–water partition coefficient (Wildman–Crippen LogP) is 3.73. The summed E-state index contributed by atoms with van der Waals surface area (Å²) in [5.74, 6) is 0.489. The Bertz CT molecular complexity index is 615. The zero-order valence-corrected chi connectivity index (χ0v) is 13.1. The van der Waals surface area contributed by atoms with Crippen LogP contribution in [0.15, 0.2) is 18.2 Å². The molecule has 0 bridgehead atoms. The predicted molar refractivity (Wildman–Crippen MR) is 85.6 cm³/mol. The lowest BCUT2D eigenvalue weighted by Gasteiger charge is -2.18. The molecule has 1 atom stereocenters. The molecule has 0 fully saturated rings. The van der Waals surface area contributed by atoms with Gasteiger partial charge in [-0.25, -0.2) is 4.98 Å². The monoisotopic (exact) mass is 286 g/mol. The first kappa shape index (κ1) is 13.8. The fourth-order valence-corrected chi connectivity index (χ4v) is 4.18. The summed E-state index contributed by atoms with van der Waals surface area (Å²) in [7, 11) is 0. The van der Waals surface area contributed by atoms with Gasteiger partial charge in [0.1, 0.15) is 0 Å². The van der Waals surface area contributed by atoms with Crippen LogP contribution >= 0.6 is 11.3 Å². The molecular weight excluding hydrogens is 264 g/mol. The van der Waals surface area contributed by atoms with Gasteiger partial charge >= 0.3 is 0 Å². The fraction of sp³-hybridized carbons (Fsp3) is 0.471. The molecule has 1 aliphatic rings. The Morgan fingerprint density at radius 1 is 1.30 bits per heavy atom. The molecule has 106 valence electrons. The second kappa shape index (κ2) is 5.66. The third kappa shape index (κ3) is 2.65. The second-order valence-electron chi connectivity index (χ2n) is 5.84. The zero-order chi connectivity index (χ0) is 14.1. The molecule has 2 nitrogen and oxygen atoms in total. The van der Waals surface area contributed by atoms with Gasteiger partial charge in [-0.05, 0) is 49.8 Å². The first-order valence-corrected chi connectivity index (χ1v) is 8.23. The summed E-state index contributed by atoms with van der Waals surface area (Å²) in [6.07, 6.45) is 4.61. The number of thiazole rings is 1. The van der Waals surface area contributed by atoms with Gasteiger partial charge in [-0.2, -0.15) is 0 Å². The van der Waals surface area contributed by atoms with E-state index < -0.39 is 0 Å². The number of nitrogens with zero attached hydrogens (tertiary/aromatic N) is 1. The number of rotatable bonds is 3. The number of nitrogens with two attached hydrogens (primary N) is 1. The Morgan fingerprint density at radius 2 is 2.15 bits per heavy atom. The Labute approximate surface area is 125 Å². The van der Waals surface area contributed by atoms with Crippen molar-refractivity contribution in [3.8, 4) is 0 Å². The highest BCUT2D eigenvalue weighted by Gasteiger charge is 2.23. The molecule has 3 rings (SSSR count). The van der Waals surface area contributed by atoms with E-state index in [1.807, 2.05) is 11.3 Å². The Morgan fingerprint density at radius 3 is 2.90 bits per heavy atom. The lowest BCUT2D eigenvalue weighted by atomic mass is 9.91. The molecule has 2 N–H and O–H groups in total. The molecule has 1 unspecified atom stereocenters.